The molecule has 168 valence electrons. The highest BCUT2D eigenvalue weighted by atomic mass is 16.5. The lowest BCUT2D eigenvalue weighted by molar-refractivity contribution is -0.133. The minimum Gasteiger partial charge on any atom is -0.452 e. The maximum atomic E-state index is 13.0. The van der Waals surface area contributed by atoms with E-state index in [-0.39, 0.29) is 18.6 Å². The number of carbonyl (C=O) groups excluding carboxylic acids is 2. The van der Waals surface area contributed by atoms with E-state index in [0.29, 0.717) is 28.8 Å². The summed E-state index contributed by atoms with van der Waals surface area (Å²) in [5, 5.41) is 5.01. The van der Waals surface area contributed by atoms with Crippen LogP contribution in [0.25, 0.3) is 22.3 Å². The molecule has 2 aromatic heterocycles. The van der Waals surface area contributed by atoms with E-state index in [2.05, 4.69) is 5.10 Å². The van der Waals surface area contributed by atoms with Crippen molar-refractivity contribution in [3.8, 4) is 11.3 Å². The molecule has 0 saturated carbocycles. The Morgan fingerprint density at radius 2 is 1.70 bits per heavy atom. The second kappa shape index (κ2) is 9.65. The molecule has 33 heavy (non-hydrogen) atoms. The summed E-state index contributed by atoms with van der Waals surface area (Å²) in [6, 6.07) is 21.0. The Bertz CT molecular complexity index is 1270. The zero-order valence-electron chi connectivity index (χ0n) is 18.9. The molecule has 0 aliphatic carbocycles. The molecular formula is C26H26N4O3. The van der Waals surface area contributed by atoms with E-state index in [4.69, 9.17) is 9.72 Å². The number of amides is 1. The van der Waals surface area contributed by atoms with Gasteiger partial charge in [-0.05, 0) is 25.5 Å². The van der Waals surface area contributed by atoms with E-state index in [1.54, 1.807) is 24.0 Å². The number of carbonyl (C=O) groups is 2. The number of hydrogen-bond acceptors (Lipinski definition) is 5. The fraction of sp³-hybridized carbons (Fsp3) is 0.231. The molecule has 0 saturated heterocycles. The Morgan fingerprint density at radius 1 is 1.03 bits per heavy atom. The van der Waals surface area contributed by atoms with Crippen LogP contribution in [0.2, 0.25) is 0 Å². The fourth-order valence-corrected chi connectivity index (χ4v) is 3.58. The largest absolute Gasteiger partial charge is 0.452 e. The number of hydrogen-bond donors (Lipinski definition) is 0. The molecule has 4 aromatic rings. The SMILES string of the molecule is CC(C)n1ncc2c(C(=O)OCC(=O)N(C)Cc3ccccc3)cc(-c3ccccc3)nc21. The van der Waals surface area contributed by atoms with Gasteiger partial charge in [-0.3, -0.25) is 4.79 Å². The van der Waals surface area contributed by atoms with Gasteiger partial charge in [0.2, 0.25) is 0 Å². The van der Waals surface area contributed by atoms with Gasteiger partial charge in [-0.25, -0.2) is 14.5 Å². The van der Waals surface area contributed by atoms with Crippen molar-refractivity contribution >= 4 is 22.9 Å². The molecule has 1 amide bonds. The molecule has 0 aliphatic rings. The van der Waals surface area contributed by atoms with Crippen molar-refractivity contribution in [3.05, 3.63) is 84.1 Å². The molecule has 7 heteroatoms. The van der Waals surface area contributed by atoms with E-state index >= 15 is 0 Å². The highest BCUT2D eigenvalue weighted by Gasteiger charge is 2.21. The summed E-state index contributed by atoms with van der Waals surface area (Å²) in [5.74, 6) is -0.858. The molecule has 2 aromatic carbocycles. The molecule has 2 heterocycles. The van der Waals surface area contributed by atoms with Gasteiger partial charge in [0.05, 0.1) is 22.8 Å². The lowest BCUT2D eigenvalue weighted by atomic mass is 10.1. The van der Waals surface area contributed by atoms with Crippen LogP contribution in [-0.2, 0) is 16.1 Å². The molecule has 0 aliphatic heterocycles. The van der Waals surface area contributed by atoms with E-state index < -0.39 is 5.97 Å². The predicted molar refractivity (Wildman–Crippen MR) is 127 cm³/mol. The molecular weight excluding hydrogens is 416 g/mol. The van der Waals surface area contributed by atoms with Gasteiger partial charge in [-0.2, -0.15) is 5.10 Å². The smallest absolute Gasteiger partial charge is 0.339 e. The summed E-state index contributed by atoms with van der Waals surface area (Å²) < 4.78 is 7.20. The molecule has 0 radical (unpaired) electrons. The van der Waals surface area contributed by atoms with Crippen molar-refractivity contribution in [1.29, 1.82) is 0 Å². The predicted octanol–water partition coefficient (Wildman–Crippen LogP) is 4.49. The number of pyridine rings is 1. The molecule has 0 N–H and O–H groups in total. The summed E-state index contributed by atoms with van der Waals surface area (Å²) in [4.78, 5) is 31.9. The van der Waals surface area contributed by atoms with Gasteiger partial charge in [-0.15, -0.1) is 0 Å². The van der Waals surface area contributed by atoms with Crippen LogP contribution in [0.1, 0.15) is 35.8 Å². The highest BCUT2D eigenvalue weighted by Crippen LogP contribution is 2.26. The topological polar surface area (TPSA) is 77.3 Å². The summed E-state index contributed by atoms with van der Waals surface area (Å²) in [6.45, 7) is 4.10. The molecule has 0 unspecified atom stereocenters. The van der Waals surface area contributed by atoms with Crippen molar-refractivity contribution < 1.29 is 14.3 Å². The standard InChI is InChI=1S/C26H26N4O3/c1-18(2)30-25-22(15-27-30)21(14-23(28-25)20-12-8-5-9-13-20)26(32)33-17-24(31)29(3)16-19-10-6-4-7-11-19/h4-15,18H,16-17H2,1-3H3. The maximum Gasteiger partial charge on any atom is 0.339 e. The van der Waals surface area contributed by atoms with Crippen LogP contribution in [0.4, 0.5) is 0 Å². The average Bonchev–Trinajstić information content (AvgIpc) is 3.27. The van der Waals surface area contributed by atoms with E-state index in [9.17, 15) is 9.59 Å². The van der Waals surface area contributed by atoms with Crippen LogP contribution in [0.5, 0.6) is 0 Å². The first-order valence-corrected chi connectivity index (χ1v) is 10.8. The highest BCUT2D eigenvalue weighted by molar-refractivity contribution is 6.04. The van der Waals surface area contributed by atoms with Crippen LogP contribution < -0.4 is 0 Å². The van der Waals surface area contributed by atoms with Crippen molar-refractivity contribution in [3.63, 3.8) is 0 Å². The number of nitrogens with zero attached hydrogens (tertiary/aromatic N) is 4. The molecule has 4 rings (SSSR count). The first kappa shape index (κ1) is 22.2. The van der Waals surface area contributed by atoms with Crippen molar-refractivity contribution in [2.75, 3.05) is 13.7 Å². The van der Waals surface area contributed by atoms with Crippen molar-refractivity contribution in [1.82, 2.24) is 19.7 Å². The number of esters is 1. The minimum atomic E-state index is -0.579. The number of rotatable bonds is 7. The number of fused-ring (bicyclic) bond motifs is 1. The second-order valence-corrected chi connectivity index (χ2v) is 8.15. The van der Waals surface area contributed by atoms with Crippen LogP contribution >= 0.6 is 0 Å². The van der Waals surface area contributed by atoms with E-state index in [0.717, 1.165) is 11.1 Å². The number of likely N-dealkylation sites (N-methyl/N-ethyl adjacent to an activating group) is 1. The van der Waals surface area contributed by atoms with Gasteiger partial charge in [0.15, 0.2) is 12.3 Å². The Balaban J connectivity index is 1.57. The van der Waals surface area contributed by atoms with Gasteiger partial charge in [0.25, 0.3) is 5.91 Å². The quantitative estimate of drug-likeness (QED) is 0.394. The van der Waals surface area contributed by atoms with Crippen LogP contribution in [0, 0.1) is 0 Å². The normalized spacial score (nSPS) is 11.0. The summed E-state index contributed by atoms with van der Waals surface area (Å²) in [7, 11) is 1.69. The monoisotopic (exact) mass is 442 g/mol. The number of ether oxygens (including phenoxy) is 1. The average molecular weight is 443 g/mol. The molecule has 0 fully saturated rings. The summed E-state index contributed by atoms with van der Waals surface area (Å²) >= 11 is 0. The Kier molecular flexibility index (Phi) is 6.49. The molecule has 0 atom stereocenters. The third kappa shape index (κ3) is 4.92. The van der Waals surface area contributed by atoms with Crippen molar-refractivity contribution in [2.24, 2.45) is 0 Å². The van der Waals surface area contributed by atoms with Gasteiger partial charge in [0, 0.05) is 25.2 Å². The zero-order chi connectivity index (χ0) is 23.4. The Labute approximate surface area is 192 Å². The fourth-order valence-electron chi connectivity index (χ4n) is 3.58. The van der Waals surface area contributed by atoms with Gasteiger partial charge in [0.1, 0.15) is 0 Å². The zero-order valence-corrected chi connectivity index (χ0v) is 18.9. The van der Waals surface area contributed by atoms with Crippen LogP contribution in [0.15, 0.2) is 72.9 Å². The third-order valence-corrected chi connectivity index (χ3v) is 5.36. The lowest BCUT2D eigenvalue weighted by Gasteiger charge is -2.17. The lowest BCUT2D eigenvalue weighted by Crippen LogP contribution is -2.30. The Hall–Kier alpha value is -4.00. The van der Waals surface area contributed by atoms with Crippen LogP contribution in [0.3, 0.4) is 0 Å². The number of benzene rings is 2. The van der Waals surface area contributed by atoms with E-state index in [1.165, 1.54) is 4.90 Å². The molecule has 0 bridgehead atoms. The van der Waals surface area contributed by atoms with Crippen molar-refractivity contribution in [2.45, 2.75) is 26.4 Å². The molecule has 0 spiro atoms. The first-order valence-electron chi connectivity index (χ1n) is 10.8. The molecule has 7 nitrogen and oxygen atoms in total. The second-order valence-electron chi connectivity index (χ2n) is 8.15. The van der Waals surface area contributed by atoms with Crippen LogP contribution in [-0.4, -0.2) is 45.2 Å². The Morgan fingerprint density at radius 3 is 2.36 bits per heavy atom. The summed E-state index contributed by atoms with van der Waals surface area (Å²) in [6.07, 6.45) is 1.62. The van der Waals surface area contributed by atoms with Gasteiger partial charge in [-0.1, -0.05) is 60.7 Å². The summed E-state index contributed by atoms with van der Waals surface area (Å²) in [5.41, 5.74) is 3.47. The first-order chi connectivity index (χ1) is 15.9. The maximum absolute atomic E-state index is 13.0. The van der Waals surface area contributed by atoms with E-state index in [1.807, 2.05) is 74.5 Å². The van der Waals surface area contributed by atoms with Gasteiger partial charge >= 0.3 is 5.97 Å². The number of aromatic nitrogens is 3. The third-order valence-electron chi connectivity index (χ3n) is 5.36. The minimum absolute atomic E-state index is 0.0677. The van der Waals surface area contributed by atoms with Gasteiger partial charge < -0.3 is 9.64 Å².